The quantitative estimate of drug-likeness (QED) is 0.856. The third-order valence-corrected chi connectivity index (χ3v) is 3.00. The van der Waals surface area contributed by atoms with Gasteiger partial charge in [-0.05, 0) is 21.8 Å². The Labute approximate surface area is 78.4 Å². The van der Waals surface area contributed by atoms with Crippen molar-refractivity contribution in [3.05, 3.63) is 15.0 Å². The Kier molecular flexibility index (Phi) is 3.04. The number of rotatable bonds is 2. The van der Waals surface area contributed by atoms with Crippen LogP contribution in [0.25, 0.3) is 0 Å². The molecule has 4 heteroatoms. The molecule has 1 unspecified atom stereocenters. The molecule has 0 aliphatic rings. The van der Waals surface area contributed by atoms with E-state index in [1.807, 2.05) is 19.2 Å². The molecule has 0 bridgehead atoms. The van der Waals surface area contributed by atoms with Gasteiger partial charge in [0.25, 0.3) is 0 Å². The Hall–Kier alpha value is 0.0700. The first-order valence-electron chi connectivity index (χ1n) is 3.40. The van der Waals surface area contributed by atoms with Crippen LogP contribution in [-0.4, -0.2) is 10.1 Å². The fraction of sp³-hybridized carbons (Fsp3) is 0.571. The molecule has 0 aliphatic carbocycles. The van der Waals surface area contributed by atoms with Crippen molar-refractivity contribution >= 4 is 27.3 Å². The van der Waals surface area contributed by atoms with E-state index in [1.54, 1.807) is 0 Å². The highest BCUT2D eigenvalue weighted by Gasteiger charge is 2.14. The minimum absolute atomic E-state index is 0.230. The molecule has 1 aromatic rings. The molecule has 1 rings (SSSR count). The number of aliphatic hydroxyl groups excluding tert-OH is 1. The highest BCUT2D eigenvalue weighted by Crippen LogP contribution is 2.26. The van der Waals surface area contributed by atoms with Crippen LogP contribution >= 0.6 is 27.3 Å². The fourth-order valence-electron chi connectivity index (χ4n) is 0.688. The number of nitrogens with zero attached hydrogens (tertiary/aromatic N) is 1. The van der Waals surface area contributed by atoms with Gasteiger partial charge in [-0.3, -0.25) is 0 Å². The molecule has 1 atom stereocenters. The summed E-state index contributed by atoms with van der Waals surface area (Å²) in [5, 5.41) is 12.2. The van der Waals surface area contributed by atoms with Crippen LogP contribution in [0.3, 0.4) is 0 Å². The molecule has 0 amide bonds. The second-order valence-electron chi connectivity index (χ2n) is 2.70. The first-order chi connectivity index (χ1) is 5.11. The van der Waals surface area contributed by atoms with Gasteiger partial charge in [0.1, 0.15) is 15.7 Å². The molecular formula is C7H10BrNOS. The second kappa shape index (κ2) is 3.65. The number of hydrogen-bond donors (Lipinski definition) is 1. The molecule has 11 heavy (non-hydrogen) atoms. The summed E-state index contributed by atoms with van der Waals surface area (Å²) in [6.07, 6.45) is -0.425. The fourth-order valence-corrected chi connectivity index (χ4v) is 2.11. The first-order valence-corrected chi connectivity index (χ1v) is 5.07. The topological polar surface area (TPSA) is 33.1 Å². The lowest BCUT2D eigenvalue weighted by atomic mass is 10.1. The van der Waals surface area contributed by atoms with E-state index < -0.39 is 6.10 Å². The molecular weight excluding hydrogens is 226 g/mol. The number of halogens is 1. The number of hydrogen-bond acceptors (Lipinski definition) is 3. The van der Waals surface area contributed by atoms with Crippen molar-refractivity contribution in [3.63, 3.8) is 0 Å². The SMILES string of the molecule is CC(C)C(O)c1nc(Br)cs1. The van der Waals surface area contributed by atoms with Gasteiger partial charge >= 0.3 is 0 Å². The molecule has 0 aliphatic heterocycles. The lowest BCUT2D eigenvalue weighted by Gasteiger charge is -2.09. The van der Waals surface area contributed by atoms with Gasteiger partial charge in [-0.15, -0.1) is 11.3 Å². The Morgan fingerprint density at radius 1 is 1.64 bits per heavy atom. The third kappa shape index (κ3) is 2.25. The Balaban J connectivity index is 2.76. The smallest absolute Gasteiger partial charge is 0.123 e. The van der Waals surface area contributed by atoms with E-state index in [0.29, 0.717) is 0 Å². The van der Waals surface area contributed by atoms with E-state index in [4.69, 9.17) is 0 Å². The molecule has 0 radical (unpaired) electrons. The normalized spacial score (nSPS) is 13.9. The largest absolute Gasteiger partial charge is 0.386 e. The molecule has 0 spiro atoms. The zero-order chi connectivity index (χ0) is 8.43. The van der Waals surface area contributed by atoms with Crippen LogP contribution in [0.15, 0.2) is 9.98 Å². The summed E-state index contributed by atoms with van der Waals surface area (Å²) in [5.41, 5.74) is 0. The van der Waals surface area contributed by atoms with Crippen molar-refractivity contribution in [2.24, 2.45) is 5.92 Å². The Bertz CT molecular complexity index is 236. The zero-order valence-corrected chi connectivity index (χ0v) is 8.82. The molecule has 0 saturated carbocycles. The molecule has 1 heterocycles. The third-order valence-electron chi connectivity index (χ3n) is 1.38. The van der Waals surface area contributed by atoms with E-state index in [2.05, 4.69) is 20.9 Å². The van der Waals surface area contributed by atoms with Gasteiger partial charge in [0.15, 0.2) is 0 Å². The van der Waals surface area contributed by atoms with Crippen molar-refractivity contribution in [2.75, 3.05) is 0 Å². The van der Waals surface area contributed by atoms with Gasteiger partial charge in [0, 0.05) is 5.38 Å². The zero-order valence-electron chi connectivity index (χ0n) is 6.41. The molecule has 0 fully saturated rings. The Morgan fingerprint density at radius 2 is 2.27 bits per heavy atom. The first kappa shape index (κ1) is 9.16. The van der Waals surface area contributed by atoms with Crippen molar-refractivity contribution in [1.82, 2.24) is 4.98 Å². The summed E-state index contributed by atoms with van der Waals surface area (Å²) in [7, 11) is 0. The maximum absolute atomic E-state index is 9.54. The molecule has 1 aromatic heterocycles. The van der Waals surface area contributed by atoms with Gasteiger partial charge in [-0.25, -0.2) is 4.98 Å². The van der Waals surface area contributed by atoms with Crippen LogP contribution in [-0.2, 0) is 0 Å². The van der Waals surface area contributed by atoms with Crippen molar-refractivity contribution in [2.45, 2.75) is 20.0 Å². The van der Waals surface area contributed by atoms with Crippen molar-refractivity contribution in [3.8, 4) is 0 Å². The van der Waals surface area contributed by atoms with Gasteiger partial charge in [-0.2, -0.15) is 0 Å². The van der Waals surface area contributed by atoms with Crippen molar-refractivity contribution in [1.29, 1.82) is 0 Å². The van der Waals surface area contributed by atoms with Gasteiger partial charge in [0.2, 0.25) is 0 Å². The molecule has 0 aromatic carbocycles. The lowest BCUT2D eigenvalue weighted by Crippen LogP contribution is -2.04. The highest BCUT2D eigenvalue weighted by molar-refractivity contribution is 9.10. The van der Waals surface area contributed by atoms with Crippen molar-refractivity contribution < 1.29 is 5.11 Å². The number of aliphatic hydroxyl groups is 1. The second-order valence-corrected chi connectivity index (χ2v) is 4.40. The van der Waals surface area contributed by atoms with Crippen LogP contribution in [0, 0.1) is 5.92 Å². The minimum atomic E-state index is -0.425. The van der Waals surface area contributed by atoms with Gasteiger partial charge in [-0.1, -0.05) is 13.8 Å². The molecule has 62 valence electrons. The predicted octanol–water partition coefficient (Wildman–Crippen LogP) is 2.60. The minimum Gasteiger partial charge on any atom is -0.386 e. The van der Waals surface area contributed by atoms with Crippen LogP contribution in [0.1, 0.15) is 25.0 Å². The molecule has 0 saturated heterocycles. The van der Waals surface area contributed by atoms with Crippen LogP contribution < -0.4 is 0 Å². The molecule has 2 nitrogen and oxygen atoms in total. The monoisotopic (exact) mass is 235 g/mol. The summed E-state index contributed by atoms with van der Waals surface area (Å²) in [6.45, 7) is 3.94. The summed E-state index contributed by atoms with van der Waals surface area (Å²) in [6, 6.07) is 0. The maximum atomic E-state index is 9.54. The average Bonchev–Trinajstić information content (AvgIpc) is 2.34. The van der Waals surface area contributed by atoms with E-state index in [0.717, 1.165) is 9.61 Å². The Morgan fingerprint density at radius 3 is 2.64 bits per heavy atom. The summed E-state index contributed by atoms with van der Waals surface area (Å²) in [5.74, 6) is 0.230. The van der Waals surface area contributed by atoms with E-state index >= 15 is 0 Å². The van der Waals surface area contributed by atoms with Crippen LogP contribution in [0.2, 0.25) is 0 Å². The van der Waals surface area contributed by atoms with Crippen LogP contribution in [0.5, 0.6) is 0 Å². The highest BCUT2D eigenvalue weighted by atomic mass is 79.9. The predicted molar refractivity (Wildman–Crippen MR) is 49.6 cm³/mol. The molecule has 1 N–H and O–H groups in total. The van der Waals surface area contributed by atoms with Gasteiger partial charge in [0.05, 0.1) is 0 Å². The van der Waals surface area contributed by atoms with E-state index in [-0.39, 0.29) is 5.92 Å². The number of thiazole rings is 1. The maximum Gasteiger partial charge on any atom is 0.123 e. The lowest BCUT2D eigenvalue weighted by molar-refractivity contribution is 0.126. The van der Waals surface area contributed by atoms with E-state index in [9.17, 15) is 5.11 Å². The van der Waals surface area contributed by atoms with Crippen LogP contribution in [0.4, 0.5) is 0 Å². The summed E-state index contributed by atoms with van der Waals surface area (Å²) in [4.78, 5) is 4.12. The standard InChI is InChI=1S/C7H10BrNOS/c1-4(2)6(10)7-9-5(8)3-11-7/h3-4,6,10H,1-2H3. The van der Waals surface area contributed by atoms with E-state index in [1.165, 1.54) is 11.3 Å². The summed E-state index contributed by atoms with van der Waals surface area (Å²) >= 11 is 4.72. The van der Waals surface area contributed by atoms with Gasteiger partial charge < -0.3 is 5.11 Å². The average molecular weight is 236 g/mol. The summed E-state index contributed by atoms with van der Waals surface area (Å²) < 4.78 is 0.803. The number of aromatic nitrogens is 1.